The summed E-state index contributed by atoms with van der Waals surface area (Å²) in [5.74, 6) is -0.400. The molecule has 0 aliphatic heterocycles. The van der Waals surface area contributed by atoms with Gasteiger partial charge in [0.05, 0.1) is 18.4 Å². The molecule has 2 aromatic carbocycles. The third-order valence-corrected chi connectivity index (χ3v) is 4.76. The lowest BCUT2D eigenvalue weighted by molar-refractivity contribution is 0.103. The molecule has 0 fully saturated rings. The van der Waals surface area contributed by atoms with Crippen molar-refractivity contribution in [1.29, 1.82) is 5.26 Å². The number of ketones is 1. The van der Waals surface area contributed by atoms with Crippen LogP contribution in [0, 0.1) is 18.3 Å². The summed E-state index contributed by atoms with van der Waals surface area (Å²) in [5, 5.41) is 19.9. The number of hydrogen-bond donors (Lipinski definition) is 1. The van der Waals surface area contributed by atoms with Crippen LogP contribution in [0.25, 0.3) is 5.69 Å². The molecule has 6 nitrogen and oxygen atoms in total. The fraction of sp³-hybridized carbons (Fsp3) is 0.0952. The van der Waals surface area contributed by atoms with Gasteiger partial charge in [0.2, 0.25) is 0 Å². The molecule has 0 aliphatic rings. The number of aromatic nitrogens is 1. The molecule has 1 aromatic heterocycles. The van der Waals surface area contributed by atoms with E-state index in [1.165, 1.54) is 42.1 Å². The summed E-state index contributed by atoms with van der Waals surface area (Å²) in [6.07, 6.45) is 1.34. The van der Waals surface area contributed by atoms with Crippen molar-refractivity contribution in [2.75, 3.05) is 7.11 Å². The minimum Gasteiger partial charge on any atom is -0.507 e. The van der Waals surface area contributed by atoms with E-state index in [4.69, 9.17) is 16.3 Å². The summed E-state index contributed by atoms with van der Waals surface area (Å²) in [4.78, 5) is 25.6. The molecule has 28 heavy (non-hydrogen) atoms. The molecule has 0 spiro atoms. The van der Waals surface area contributed by atoms with Crippen molar-refractivity contribution in [2.45, 2.75) is 6.92 Å². The first-order chi connectivity index (χ1) is 13.4. The zero-order chi connectivity index (χ0) is 20.4. The summed E-state index contributed by atoms with van der Waals surface area (Å²) in [6.45, 7) is 1.73. The Kier molecular flexibility index (Phi) is 5.21. The predicted octanol–water partition coefficient (Wildman–Crippen LogP) is 3.62. The van der Waals surface area contributed by atoms with Gasteiger partial charge in [-0.2, -0.15) is 5.26 Å². The lowest BCUT2D eigenvalue weighted by atomic mass is 10.0. The molecule has 0 radical (unpaired) electrons. The van der Waals surface area contributed by atoms with E-state index in [2.05, 4.69) is 0 Å². The number of phenols is 1. The van der Waals surface area contributed by atoms with Gasteiger partial charge in [-0.3, -0.25) is 14.2 Å². The molecular formula is C21H15ClN2O4. The number of carbonyl (C=O) groups is 1. The van der Waals surface area contributed by atoms with Crippen LogP contribution in [0.4, 0.5) is 0 Å². The first-order valence-electron chi connectivity index (χ1n) is 8.21. The van der Waals surface area contributed by atoms with Gasteiger partial charge in [-0.15, -0.1) is 0 Å². The lowest BCUT2D eigenvalue weighted by Gasteiger charge is -2.13. The van der Waals surface area contributed by atoms with Crippen LogP contribution in [0.3, 0.4) is 0 Å². The van der Waals surface area contributed by atoms with Crippen molar-refractivity contribution >= 4 is 17.4 Å². The van der Waals surface area contributed by atoms with Gasteiger partial charge in [0.15, 0.2) is 5.78 Å². The van der Waals surface area contributed by atoms with Crippen molar-refractivity contribution in [2.24, 2.45) is 0 Å². The van der Waals surface area contributed by atoms with Crippen molar-refractivity contribution in [1.82, 2.24) is 4.57 Å². The average Bonchev–Trinajstić information content (AvgIpc) is 2.70. The van der Waals surface area contributed by atoms with Crippen molar-refractivity contribution in [3.8, 4) is 23.3 Å². The maximum Gasteiger partial charge on any atom is 0.273 e. The molecule has 1 N–H and O–H groups in total. The summed E-state index contributed by atoms with van der Waals surface area (Å²) in [6, 6.07) is 12.3. The van der Waals surface area contributed by atoms with E-state index in [1.807, 2.05) is 6.07 Å². The fourth-order valence-corrected chi connectivity index (χ4v) is 2.97. The van der Waals surface area contributed by atoms with Crippen LogP contribution in [-0.4, -0.2) is 22.6 Å². The Balaban J connectivity index is 2.24. The number of halogens is 1. The number of carbonyl (C=O) groups excluding carboxylic acids is 1. The fourth-order valence-electron chi connectivity index (χ4n) is 2.80. The van der Waals surface area contributed by atoms with Gasteiger partial charge in [0.25, 0.3) is 5.56 Å². The van der Waals surface area contributed by atoms with E-state index in [-0.39, 0.29) is 22.4 Å². The largest absolute Gasteiger partial charge is 0.507 e. The summed E-state index contributed by atoms with van der Waals surface area (Å²) < 4.78 is 6.31. The zero-order valence-corrected chi connectivity index (χ0v) is 15.8. The highest BCUT2D eigenvalue weighted by atomic mass is 35.5. The van der Waals surface area contributed by atoms with Crippen molar-refractivity contribution in [3.63, 3.8) is 0 Å². The van der Waals surface area contributed by atoms with Gasteiger partial charge in [-0.1, -0.05) is 17.7 Å². The average molecular weight is 395 g/mol. The van der Waals surface area contributed by atoms with Crippen LogP contribution in [0.15, 0.2) is 53.5 Å². The molecule has 1 heterocycles. The number of rotatable bonds is 4. The number of benzene rings is 2. The number of methoxy groups -OCH3 is 1. The Morgan fingerprint density at radius 3 is 2.68 bits per heavy atom. The van der Waals surface area contributed by atoms with E-state index in [9.17, 15) is 20.0 Å². The zero-order valence-electron chi connectivity index (χ0n) is 15.1. The lowest BCUT2D eigenvalue weighted by Crippen LogP contribution is -2.23. The Morgan fingerprint density at radius 2 is 2.00 bits per heavy atom. The van der Waals surface area contributed by atoms with E-state index >= 15 is 0 Å². The molecule has 0 aliphatic carbocycles. The van der Waals surface area contributed by atoms with Crippen molar-refractivity contribution < 1.29 is 14.6 Å². The minimum atomic E-state index is -0.570. The molecule has 0 atom stereocenters. The number of phenolic OH excluding ortho intramolecular Hbond substituents is 1. The molecule has 140 valence electrons. The topological polar surface area (TPSA) is 92.3 Å². The summed E-state index contributed by atoms with van der Waals surface area (Å²) >= 11 is 6.15. The smallest absolute Gasteiger partial charge is 0.273 e. The molecule has 0 amide bonds. The molecule has 0 unspecified atom stereocenters. The monoisotopic (exact) mass is 394 g/mol. The van der Waals surface area contributed by atoms with E-state index in [0.29, 0.717) is 22.0 Å². The third kappa shape index (κ3) is 3.36. The van der Waals surface area contributed by atoms with Gasteiger partial charge in [-0.05, 0) is 48.9 Å². The second kappa shape index (κ2) is 7.59. The molecule has 3 rings (SSSR count). The van der Waals surface area contributed by atoms with E-state index in [1.54, 1.807) is 25.1 Å². The predicted molar refractivity (Wildman–Crippen MR) is 105 cm³/mol. The van der Waals surface area contributed by atoms with Crippen LogP contribution in [-0.2, 0) is 0 Å². The highest BCUT2D eigenvalue weighted by Gasteiger charge is 2.19. The molecule has 3 aromatic rings. The Hall–Kier alpha value is -3.56. The summed E-state index contributed by atoms with van der Waals surface area (Å²) in [7, 11) is 1.44. The number of nitriles is 1. The van der Waals surface area contributed by atoms with Crippen LogP contribution < -0.4 is 10.3 Å². The van der Waals surface area contributed by atoms with Crippen LogP contribution in [0.1, 0.15) is 27.0 Å². The second-order valence-electron chi connectivity index (χ2n) is 6.03. The number of pyridine rings is 1. The van der Waals surface area contributed by atoms with Gasteiger partial charge in [-0.25, -0.2) is 0 Å². The Morgan fingerprint density at radius 1 is 1.25 bits per heavy atom. The number of nitrogens with zero attached hydrogens (tertiary/aromatic N) is 2. The van der Waals surface area contributed by atoms with Gasteiger partial charge in [0.1, 0.15) is 23.1 Å². The number of hydrogen-bond acceptors (Lipinski definition) is 5. The van der Waals surface area contributed by atoms with Crippen LogP contribution >= 0.6 is 11.6 Å². The molecule has 0 bridgehead atoms. The minimum absolute atomic E-state index is 0.00347. The number of aromatic hydroxyl groups is 1. The first-order valence-corrected chi connectivity index (χ1v) is 8.59. The summed E-state index contributed by atoms with van der Waals surface area (Å²) in [5.41, 5.74) is 0.379. The first kappa shape index (κ1) is 19.2. The Bertz CT molecular complexity index is 1190. The molecular weight excluding hydrogens is 380 g/mol. The SMILES string of the molecule is COc1ccc(O)c(C(=O)c2cc(C#N)c(=O)n(-c3cccc(Cl)c3C)c2)c1. The molecule has 0 saturated heterocycles. The standard InChI is InChI=1S/C21H15ClN2O4/c1-12-17(22)4-3-5-18(12)24-11-14(8-13(10-23)21(24)27)20(26)16-9-15(28-2)6-7-19(16)25/h3-9,11,25H,1-2H3. The maximum atomic E-state index is 13.0. The molecule has 0 saturated carbocycles. The van der Waals surface area contributed by atoms with Gasteiger partial charge in [0, 0.05) is 16.8 Å². The normalized spacial score (nSPS) is 10.4. The van der Waals surface area contributed by atoms with Crippen LogP contribution in [0.2, 0.25) is 5.02 Å². The molecule has 7 heteroatoms. The highest BCUT2D eigenvalue weighted by molar-refractivity contribution is 6.31. The second-order valence-corrected chi connectivity index (χ2v) is 6.43. The highest BCUT2D eigenvalue weighted by Crippen LogP contribution is 2.26. The van der Waals surface area contributed by atoms with Gasteiger partial charge < -0.3 is 9.84 Å². The van der Waals surface area contributed by atoms with Crippen molar-refractivity contribution in [3.05, 3.63) is 86.3 Å². The quantitative estimate of drug-likeness (QED) is 0.682. The van der Waals surface area contributed by atoms with E-state index in [0.717, 1.165) is 0 Å². The maximum absolute atomic E-state index is 13.0. The van der Waals surface area contributed by atoms with Crippen LogP contribution in [0.5, 0.6) is 11.5 Å². The third-order valence-electron chi connectivity index (χ3n) is 4.35. The number of ether oxygens (including phenoxy) is 1. The van der Waals surface area contributed by atoms with Gasteiger partial charge >= 0.3 is 0 Å². The Labute approximate surface area is 165 Å². The van der Waals surface area contributed by atoms with E-state index < -0.39 is 11.3 Å².